The highest BCUT2D eigenvalue weighted by Crippen LogP contribution is 2.31. The van der Waals surface area contributed by atoms with Crippen LogP contribution in [-0.4, -0.2) is 19.6 Å². The fourth-order valence-electron chi connectivity index (χ4n) is 2.23. The van der Waals surface area contributed by atoms with Crippen molar-refractivity contribution >= 4 is 39.7 Å². The zero-order valence-electron chi connectivity index (χ0n) is 14.9. The maximum Gasteiger partial charge on any atom is 0.271 e. The average Bonchev–Trinajstić information content (AvgIpc) is 2.69. The van der Waals surface area contributed by atoms with E-state index in [2.05, 4.69) is 27.9 Å². The van der Waals surface area contributed by atoms with Crippen molar-refractivity contribution in [1.29, 1.82) is 0 Å². The van der Waals surface area contributed by atoms with Crippen molar-refractivity contribution in [3.05, 3.63) is 75.6 Å². The van der Waals surface area contributed by atoms with Gasteiger partial charge in [0.05, 0.1) is 12.0 Å². The molecule has 0 radical (unpaired) electrons. The molecule has 0 saturated heterocycles. The lowest BCUT2D eigenvalue weighted by molar-refractivity contribution is -0.116. The highest BCUT2D eigenvalue weighted by Gasteiger charge is 2.11. The summed E-state index contributed by atoms with van der Waals surface area (Å²) in [6.45, 7) is 4.01. The molecule has 0 fully saturated rings. The molecule has 0 spiro atoms. The van der Waals surface area contributed by atoms with Crippen molar-refractivity contribution in [3.8, 4) is 11.5 Å². The van der Waals surface area contributed by atoms with Crippen LogP contribution in [0.1, 0.15) is 11.1 Å². The van der Waals surface area contributed by atoms with E-state index in [9.17, 15) is 4.79 Å². The van der Waals surface area contributed by atoms with Gasteiger partial charge in [0.25, 0.3) is 5.91 Å². The number of hydrogen-bond acceptors (Lipinski definition) is 5. The summed E-state index contributed by atoms with van der Waals surface area (Å²) in [6, 6.07) is 13.4. The number of amides is 1. The van der Waals surface area contributed by atoms with Crippen LogP contribution < -0.4 is 20.7 Å². The Morgan fingerprint density at radius 1 is 1.30 bits per heavy atom. The van der Waals surface area contributed by atoms with Crippen molar-refractivity contribution in [2.75, 3.05) is 13.7 Å². The monoisotopic (exact) mass is 448 g/mol. The van der Waals surface area contributed by atoms with Gasteiger partial charge in [-0.3, -0.25) is 10.2 Å². The second kappa shape index (κ2) is 10.8. The molecule has 0 aliphatic heterocycles. The number of rotatable bonds is 9. The summed E-state index contributed by atoms with van der Waals surface area (Å²) in [5.41, 5.74) is 4.09. The summed E-state index contributed by atoms with van der Waals surface area (Å²) in [5, 5.41) is 0. The van der Waals surface area contributed by atoms with Gasteiger partial charge in [-0.25, -0.2) is 5.84 Å². The van der Waals surface area contributed by atoms with Gasteiger partial charge in [-0.1, -0.05) is 46.8 Å². The molecule has 0 bridgehead atoms. The molecule has 5 nitrogen and oxygen atoms in total. The molecule has 0 heterocycles. The van der Waals surface area contributed by atoms with Gasteiger partial charge in [0.15, 0.2) is 11.5 Å². The van der Waals surface area contributed by atoms with Gasteiger partial charge in [-0.15, -0.1) is 11.8 Å². The lowest BCUT2D eigenvalue weighted by Crippen LogP contribution is -2.30. The van der Waals surface area contributed by atoms with Crippen LogP contribution in [0.25, 0.3) is 6.08 Å². The minimum Gasteiger partial charge on any atom is -0.493 e. The van der Waals surface area contributed by atoms with Crippen LogP contribution in [-0.2, 0) is 10.5 Å². The summed E-state index contributed by atoms with van der Waals surface area (Å²) < 4.78 is 11.9. The van der Waals surface area contributed by atoms with E-state index in [-0.39, 0.29) is 5.91 Å². The number of halogens is 1. The Hall–Kier alpha value is -2.22. The Balaban J connectivity index is 2.23. The Bertz CT molecular complexity index is 840. The normalized spacial score (nSPS) is 11.0. The predicted molar refractivity (Wildman–Crippen MR) is 114 cm³/mol. The van der Waals surface area contributed by atoms with E-state index in [1.54, 1.807) is 25.3 Å². The Labute approximate surface area is 171 Å². The van der Waals surface area contributed by atoms with Crippen LogP contribution in [0.2, 0.25) is 0 Å². The largest absolute Gasteiger partial charge is 0.493 e. The molecular formula is C20H21BrN2O3S. The molecule has 7 heteroatoms. The maximum atomic E-state index is 12.2. The average molecular weight is 449 g/mol. The number of nitrogens with one attached hydrogen (secondary N) is 1. The molecule has 0 aliphatic rings. The van der Waals surface area contributed by atoms with Gasteiger partial charge >= 0.3 is 0 Å². The van der Waals surface area contributed by atoms with Crippen molar-refractivity contribution in [1.82, 2.24) is 5.43 Å². The van der Waals surface area contributed by atoms with Gasteiger partial charge in [0, 0.05) is 10.2 Å². The molecule has 2 rings (SSSR count). The van der Waals surface area contributed by atoms with Crippen molar-refractivity contribution in [2.45, 2.75) is 5.75 Å². The summed E-state index contributed by atoms with van der Waals surface area (Å²) >= 11 is 4.86. The highest BCUT2D eigenvalue weighted by molar-refractivity contribution is 9.10. The molecule has 0 saturated carbocycles. The Morgan fingerprint density at radius 3 is 2.78 bits per heavy atom. The fourth-order valence-corrected chi connectivity index (χ4v) is 3.58. The first-order valence-corrected chi connectivity index (χ1v) is 9.87. The molecule has 0 atom stereocenters. The van der Waals surface area contributed by atoms with E-state index in [4.69, 9.17) is 15.3 Å². The minimum absolute atomic E-state index is 0.346. The number of benzene rings is 2. The Morgan fingerprint density at radius 2 is 2.11 bits per heavy atom. The van der Waals surface area contributed by atoms with Crippen molar-refractivity contribution < 1.29 is 14.3 Å². The number of hydrogen-bond donors (Lipinski definition) is 2. The fraction of sp³-hybridized carbons (Fsp3) is 0.150. The lowest BCUT2D eigenvalue weighted by atomic mass is 10.2. The quantitative estimate of drug-likeness (QED) is 0.197. The second-order valence-electron chi connectivity index (χ2n) is 5.41. The second-order valence-corrected chi connectivity index (χ2v) is 7.34. The van der Waals surface area contributed by atoms with E-state index >= 15 is 0 Å². The molecule has 2 aromatic carbocycles. The molecule has 0 aliphatic carbocycles. The van der Waals surface area contributed by atoms with Crippen LogP contribution >= 0.6 is 27.7 Å². The van der Waals surface area contributed by atoms with E-state index < -0.39 is 0 Å². The molecular weight excluding hydrogens is 428 g/mol. The smallest absolute Gasteiger partial charge is 0.271 e. The molecule has 2 aromatic rings. The van der Waals surface area contributed by atoms with Crippen LogP contribution in [0.15, 0.2) is 64.5 Å². The third-order valence-electron chi connectivity index (χ3n) is 3.48. The van der Waals surface area contributed by atoms with Crippen LogP contribution in [0.3, 0.4) is 0 Å². The van der Waals surface area contributed by atoms with Gasteiger partial charge in [-0.2, -0.15) is 0 Å². The molecule has 142 valence electrons. The van der Waals surface area contributed by atoms with E-state index in [1.165, 1.54) is 11.8 Å². The summed E-state index contributed by atoms with van der Waals surface area (Å²) in [7, 11) is 1.57. The lowest BCUT2D eigenvalue weighted by Gasteiger charge is -2.11. The zero-order valence-corrected chi connectivity index (χ0v) is 17.3. The van der Waals surface area contributed by atoms with E-state index in [0.717, 1.165) is 15.6 Å². The predicted octanol–water partition coefficient (Wildman–Crippen LogP) is 4.29. The maximum absolute atomic E-state index is 12.2. The Kier molecular flexibility index (Phi) is 8.44. The SMILES string of the molecule is C=CCOc1ccc(/C=C(/SCc2cccc(Br)c2)C(=O)NN)cc1OC. The number of thioether (sulfide) groups is 1. The van der Waals surface area contributed by atoms with Gasteiger partial charge < -0.3 is 9.47 Å². The van der Waals surface area contributed by atoms with Gasteiger partial charge in [-0.05, 0) is 41.5 Å². The summed E-state index contributed by atoms with van der Waals surface area (Å²) in [4.78, 5) is 12.7. The van der Waals surface area contributed by atoms with Crippen LogP contribution in [0.5, 0.6) is 11.5 Å². The number of carbonyl (C=O) groups is 1. The standard InChI is InChI=1S/C20H21BrN2O3S/c1-3-9-26-17-8-7-14(11-18(17)25-2)12-19(20(24)23-22)27-13-15-5-4-6-16(21)10-15/h3-8,10-12H,1,9,13,22H2,2H3,(H,23,24)/b19-12+. The van der Waals surface area contributed by atoms with Crippen LogP contribution in [0.4, 0.5) is 0 Å². The molecule has 1 amide bonds. The van der Waals surface area contributed by atoms with Crippen molar-refractivity contribution in [2.24, 2.45) is 5.84 Å². The highest BCUT2D eigenvalue weighted by atomic mass is 79.9. The van der Waals surface area contributed by atoms with Gasteiger partial charge in [0.2, 0.25) is 0 Å². The van der Waals surface area contributed by atoms with E-state index in [0.29, 0.717) is 28.8 Å². The minimum atomic E-state index is -0.346. The molecule has 27 heavy (non-hydrogen) atoms. The summed E-state index contributed by atoms with van der Waals surface area (Å²) in [6.07, 6.45) is 3.43. The third kappa shape index (κ3) is 6.46. The number of methoxy groups -OCH3 is 1. The molecule has 0 unspecified atom stereocenters. The number of carbonyl (C=O) groups excluding carboxylic acids is 1. The summed E-state index contributed by atoms with van der Waals surface area (Å²) in [5.74, 6) is 6.82. The third-order valence-corrected chi connectivity index (χ3v) is 5.07. The van der Waals surface area contributed by atoms with E-state index in [1.807, 2.05) is 36.4 Å². The number of ether oxygens (including phenoxy) is 2. The first-order chi connectivity index (χ1) is 13.1. The molecule has 0 aromatic heterocycles. The van der Waals surface area contributed by atoms with Crippen LogP contribution in [0, 0.1) is 0 Å². The van der Waals surface area contributed by atoms with Crippen molar-refractivity contribution in [3.63, 3.8) is 0 Å². The van der Waals surface area contributed by atoms with Gasteiger partial charge in [0.1, 0.15) is 6.61 Å². The zero-order chi connectivity index (χ0) is 19.6. The topological polar surface area (TPSA) is 73.6 Å². The number of nitrogens with two attached hydrogens (primary N) is 1. The molecule has 3 N–H and O–H groups in total. The first kappa shape index (κ1) is 21.1. The first-order valence-electron chi connectivity index (χ1n) is 8.09. The number of hydrazine groups is 1.